The van der Waals surface area contributed by atoms with Crippen LogP contribution in [0, 0.1) is 17.1 Å². The zero-order chi connectivity index (χ0) is 17.3. The monoisotopic (exact) mass is 240 g/mol. The molecule has 0 aliphatic carbocycles. The van der Waals surface area contributed by atoms with E-state index in [0.717, 1.165) is 6.07 Å². The Balaban J connectivity index is 3.29. The predicted octanol–water partition coefficient (Wildman–Crippen LogP) is 1.90. The minimum Gasteiger partial charge on any atom is -0.368 e. The third-order valence-corrected chi connectivity index (χ3v) is 1.91. The molecule has 1 aromatic rings. The molecule has 0 spiro atoms. The van der Waals surface area contributed by atoms with E-state index in [9.17, 15) is 9.18 Å². The first kappa shape index (κ1) is 7.28. The summed E-state index contributed by atoms with van der Waals surface area (Å²) >= 11 is 0. The van der Waals surface area contributed by atoms with Gasteiger partial charge in [0, 0.05) is 16.8 Å². The minimum atomic E-state index is -2.81. The second kappa shape index (κ2) is 4.83. The molecule has 0 saturated carbocycles. The first-order chi connectivity index (χ1) is 9.88. The number of carbonyl (C=O) groups excluding carboxylic acids is 1. The van der Waals surface area contributed by atoms with Crippen molar-refractivity contribution in [3.63, 3.8) is 0 Å². The van der Waals surface area contributed by atoms with Gasteiger partial charge in [-0.2, -0.15) is 5.26 Å². The van der Waals surface area contributed by atoms with E-state index in [1.165, 1.54) is 13.8 Å². The SMILES string of the molecule is [2H]c1cc(C(=O)NC([2H])([2H])[2H])c(F)c([2H])c1NC(C)(C)C#N. The van der Waals surface area contributed by atoms with Crippen LogP contribution in [0.5, 0.6) is 0 Å². The molecule has 0 aliphatic rings. The fraction of sp³-hybridized carbons (Fsp3) is 0.333. The van der Waals surface area contributed by atoms with E-state index in [0.29, 0.717) is 0 Å². The van der Waals surface area contributed by atoms with Gasteiger partial charge < -0.3 is 10.6 Å². The van der Waals surface area contributed by atoms with Crippen LogP contribution in [-0.2, 0) is 0 Å². The van der Waals surface area contributed by atoms with Crippen LogP contribution in [0.3, 0.4) is 0 Å². The van der Waals surface area contributed by atoms with Crippen LogP contribution >= 0.6 is 0 Å². The third kappa shape index (κ3) is 3.18. The van der Waals surface area contributed by atoms with Crippen molar-refractivity contribution in [2.24, 2.45) is 0 Å². The van der Waals surface area contributed by atoms with Crippen molar-refractivity contribution < 1.29 is 16.0 Å². The zero-order valence-electron chi connectivity index (χ0n) is 14.3. The number of benzene rings is 1. The molecule has 17 heavy (non-hydrogen) atoms. The van der Waals surface area contributed by atoms with Crippen molar-refractivity contribution in [2.75, 3.05) is 12.3 Å². The fourth-order valence-corrected chi connectivity index (χ4v) is 1.06. The third-order valence-electron chi connectivity index (χ3n) is 1.91. The van der Waals surface area contributed by atoms with Gasteiger partial charge in [-0.3, -0.25) is 4.79 Å². The van der Waals surface area contributed by atoms with Crippen molar-refractivity contribution in [3.8, 4) is 6.07 Å². The number of nitriles is 1. The number of nitrogens with zero attached hydrogens (tertiary/aromatic N) is 1. The van der Waals surface area contributed by atoms with Gasteiger partial charge in [-0.05, 0) is 32.0 Å². The molecule has 4 nitrogen and oxygen atoms in total. The van der Waals surface area contributed by atoms with E-state index in [2.05, 4.69) is 5.32 Å². The Morgan fingerprint density at radius 2 is 2.41 bits per heavy atom. The summed E-state index contributed by atoms with van der Waals surface area (Å²) in [6.45, 7) is 0.131. The summed E-state index contributed by atoms with van der Waals surface area (Å²) in [7, 11) is 0. The Morgan fingerprint density at radius 3 is 3.00 bits per heavy atom. The summed E-state index contributed by atoms with van der Waals surface area (Å²) in [4.78, 5) is 11.7. The molecule has 0 bridgehead atoms. The minimum absolute atomic E-state index is 0.255. The molecule has 1 rings (SSSR count). The highest BCUT2D eigenvalue weighted by Gasteiger charge is 2.17. The molecule has 5 heteroatoms. The summed E-state index contributed by atoms with van der Waals surface area (Å²) in [5.74, 6) is -2.51. The van der Waals surface area contributed by atoms with Crippen LogP contribution in [0.1, 0.15) is 31.1 Å². The largest absolute Gasteiger partial charge is 0.368 e. The van der Waals surface area contributed by atoms with Crippen molar-refractivity contribution in [3.05, 3.63) is 29.5 Å². The first-order valence-electron chi connectivity index (χ1n) is 7.19. The Morgan fingerprint density at radius 1 is 1.71 bits per heavy atom. The normalized spacial score (nSPS) is 15.5. The molecule has 0 atom stereocenters. The van der Waals surface area contributed by atoms with E-state index < -0.39 is 41.9 Å². The number of rotatable bonds is 3. The zero-order valence-corrected chi connectivity index (χ0v) is 9.31. The lowest BCUT2D eigenvalue weighted by Crippen LogP contribution is -2.28. The molecular weight excluding hydrogens is 221 g/mol. The van der Waals surface area contributed by atoms with Crippen LogP contribution in [-0.4, -0.2) is 18.4 Å². The van der Waals surface area contributed by atoms with Gasteiger partial charge in [0.05, 0.1) is 14.4 Å². The number of hydrogen-bond acceptors (Lipinski definition) is 3. The maximum absolute atomic E-state index is 14.1. The summed E-state index contributed by atoms with van der Waals surface area (Å²) in [5, 5.41) is 13.1. The Bertz CT molecular complexity index is 652. The molecule has 0 saturated heterocycles. The highest BCUT2D eigenvalue weighted by atomic mass is 19.1. The molecule has 0 aromatic heterocycles. The van der Waals surface area contributed by atoms with Gasteiger partial charge >= 0.3 is 0 Å². The molecule has 1 amide bonds. The van der Waals surface area contributed by atoms with Crippen molar-refractivity contribution in [1.29, 1.82) is 5.26 Å². The maximum Gasteiger partial charge on any atom is 0.253 e. The molecule has 2 N–H and O–H groups in total. The highest BCUT2D eigenvalue weighted by Crippen LogP contribution is 2.18. The molecule has 1 aromatic carbocycles. The lowest BCUT2D eigenvalue weighted by molar-refractivity contribution is 0.0959. The fourth-order valence-electron chi connectivity index (χ4n) is 1.06. The van der Waals surface area contributed by atoms with Crippen LogP contribution in [0.2, 0.25) is 0 Å². The second-order valence-corrected chi connectivity index (χ2v) is 3.83. The Labute approximate surface area is 106 Å². The smallest absolute Gasteiger partial charge is 0.253 e. The van der Waals surface area contributed by atoms with E-state index in [4.69, 9.17) is 12.1 Å². The molecule has 0 radical (unpaired) electrons. The molecule has 0 heterocycles. The van der Waals surface area contributed by atoms with E-state index in [1.54, 1.807) is 5.32 Å². The van der Waals surface area contributed by atoms with Gasteiger partial charge in [0.1, 0.15) is 11.4 Å². The van der Waals surface area contributed by atoms with Crippen LogP contribution in [0.4, 0.5) is 10.1 Å². The molecule has 0 unspecified atom stereocenters. The Kier molecular flexibility index (Phi) is 2.07. The van der Waals surface area contributed by atoms with E-state index >= 15 is 0 Å². The van der Waals surface area contributed by atoms with Crippen molar-refractivity contribution in [1.82, 2.24) is 5.32 Å². The molecule has 0 aliphatic heterocycles. The summed E-state index contributed by atoms with van der Waals surface area (Å²) in [6, 6.07) is 1.50. The number of hydrogen-bond donors (Lipinski definition) is 2. The van der Waals surface area contributed by atoms with Gasteiger partial charge in [-0.25, -0.2) is 4.39 Å². The van der Waals surface area contributed by atoms with Crippen LogP contribution in [0.15, 0.2) is 18.2 Å². The molecular formula is C12H14FN3O. The van der Waals surface area contributed by atoms with E-state index in [-0.39, 0.29) is 5.69 Å². The van der Waals surface area contributed by atoms with Crippen LogP contribution < -0.4 is 10.6 Å². The predicted molar refractivity (Wildman–Crippen MR) is 63.1 cm³/mol. The van der Waals surface area contributed by atoms with Gasteiger partial charge in [-0.15, -0.1) is 0 Å². The van der Waals surface area contributed by atoms with Crippen molar-refractivity contribution >= 4 is 11.6 Å². The van der Waals surface area contributed by atoms with Crippen LogP contribution in [0.25, 0.3) is 0 Å². The topological polar surface area (TPSA) is 64.9 Å². The highest BCUT2D eigenvalue weighted by molar-refractivity contribution is 5.94. The van der Waals surface area contributed by atoms with Gasteiger partial charge in [0.25, 0.3) is 5.91 Å². The van der Waals surface area contributed by atoms with Gasteiger partial charge in [0.15, 0.2) is 0 Å². The molecule has 90 valence electrons. The average molecular weight is 240 g/mol. The molecule has 0 fully saturated rings. The second-order valence-electron chi connectivity index (χ2n) is 3.83. The van der Waals surface area contributed by atoms with Gasteiger partial charge in [0.2, 0.25) is 0 Å². The average Bonchev–Trinajstić information content (AvgIpc) is 2.37. The number of carbonyl (C=O) groups is 1. The van der Waals surface area contributed by atoms with E-state index in [1.807, 2.05) is 6.07 Å². The summed E-state index contributed by atoms with van der Waals surface area (Å²) in [6.07, 6.45) is 0. The number of nitrogens with one attached hydrogen (secondary N) is 2. The summed E-state index contributed by atoms with van der Waals surface area (Å²) in [5.41, 5.74) is -2.12. The van der Waals surface area contributed by atoms with Crippen molar-refractivity contribution in [2.45, 2.75) is 19.4 Å². The quantitative estimate of drug-likeness (QED) is 0.848. The first-order valence-corrected chi connectivity index (χ1v) is 4.69. The number of anilines is 1. The lowest BCUT2D eigenvalue weighted by Gasteiger charge is -2.19. The lowest BCUT2D eigenvalue weighted by atomic mass is 10.1. The maximum atomic E-state index is 14.1. The summed E-state index contributed by atoms with van der Waals surface area (Å²) < 4.78 is 50.3. The van der Waals surface area contributed by atoms with Gasteiger partial charge in [-0.1, -0.05) is 0 Å². The Hall–Kier alpha value is -2.09. The number of amides is 1. The standard InChI is InChI=1S/C12H14FN3O/c1-12(2,7-14)16-8-4-5-9(10(13)6-8)11(17)15-3/h4-6,16H,1-3H3,(H,15,17)/i3D3,4D,6D. The number of halogens is 1.